The van der Waals surface area contributed by atoms with Gasteiger partial charge in [0.15, 0.2) is 0 Å². The van der Waals surface area contributed by atoms with Crippen molar-refractivity contribution in [2.45, 2.75) is 19.9 Å². The molecular formula is C18H20N2O3. The number of ether oxygens (including phenoxy) is 1. The summed E-state index contributed by atoms with van der Waals surface area (Å²) in [5, 5.41) is 5.60. The van der Waals surface area contributed by atoms with Crippen molar-refractivity contribution in [1.29, 1.82) is 0 Å². The molecule has 0 saturated heterocycles. The van der Waals surface area contributed by atoms with Crippen LogP contribution < -0.4 is 15.4 Å². The Labute approximate surface area is 135 Å². The van der Waals surface area contributed by atoms with Gasteiger partial charge in [-0.15, -0.1) is 0 Å². The molecular weight excluding hydrogens is 292 g/mol. The average molecular weight is 312 g/mol. The zero-order valence-corrected chi connectivity index (χ0v) is 13.4. The fourth-order valence-corrected chi connectivity index (χ4v) is 2.24. The van der Waals surface area contributed by atoms with Gasteiger partial charge in [-0.1, -0.05) is 30.3 Å². The van der Waals surface area contributed by atoms with Gasteiger partial charge in [0.2, 0.25) is 5.91 Å². The third kappa shape index (κ3) is 4.32. The Bertz CT molecular complexity index is 699. The highest BCUT2D eigenvalue weighted by atomic mass is 16.5. The Balaban J connectivity index is 2.17. The van der Waals surface area contributed by atoms with Crippen LogP contribution in [-0.4, -0.2) is 18.9 Å². The summed E-state index contributed by atoms with van der Waals surface area (Å²) in [4.78, 5) is 23.7. The van der Waals surface area contributed by atoms with Gasteiger partial charge < -0.3 is 15.4 Å². The summed E-state index contributed by atoms with van der Waals surface area (Å²) < 4.78 is 5.18. The van der Waals surface area contributed by atoms with Crippen LogP contribution in [0.3, 0.4) is 0 Å². The molecule has 1 atom stereocenters. The van der Waals surface area contributed by atoms with Crippen LogP contribution in [0.15, 0.2) is 48.5 Å². The lowest BCUT2D eigenvalue weighted by Gasteiger charge is -2.15. The molecule has 0 radical (unpaired) electrons. The Morgan fingerprint density at radius 1 is 1.09 bits per heavy atom. The number of benzene rings is 2. The molecule has 2 N–H and O–H groups in total. The van der Waals surface area contributed by atoms with E-state index in [1.807, 2.05) is 37.3 Å². The SMILES string of the molecule is COc1ccc(C(=O)NC(C)c2ccccc2)cc1NC(C)=O. The first-order chi connectivity index (χ1) is 11.0. The van der Waals surface area contributed by atoms with E-state index in [9.17, 15) is 9.59 Å². The first-order valence-corrected chi connectivity index (χ1v) is 7.32. The Hall–Kier alpha value is -2.82. The molecule has 0 aliphatic heterocycles. The number of rotatable bonds is 5. The molecule has 0 bridgehead atoms. The van der Waals surface area contributed by atoms with E-state index in [1.165, 1.54) is 14.0 Å². The topological polar surface area (TPSA) is 67.4 Å². The van der Waals surface area contributed by atoms with Crippen molar-refractivity contribution in [2.24, 2.45) is 0 Å². The number of nitrogens with one attached hydrogen (secondary N) is 2. The number of hydrogen-bond acceptors (Lipinski definition) is 3. The molecule has 0 spiro atoms. The second kappa shape index (κ2) is 7.45. The Morgan fingerprint density at radius 2 is 1.78 bits per heavy atom. The van der Waals surface area contributed by atoms with E-state index in [1.54, 1.807) is 18.2 Å². The molecule has 23 heavy (non-hydrogen) atoms. The third-order valence-corrected chi connectivity index (χ3v) is 3.42. The van der Waals surface area contributed by atoms with Crippen LogP contribution in [0.25, 0.3) is 0 Å². The molecule has 0 aliphatic carbocycles. The van der Waals surface area contributed by atoms with Gasteiger partial charge in [0.25, 0.3) is 5.91 Å². The molecule has 0 aromatic heterocycles. The van der Waals surface area contributed by atoms with Gasteiger partial charge in [0.05, 0.1) is 18.8 Å². The van der Waals surface area contributed by atoms with Crippen LogP contribution in [0.1, 0.15) is 35.8 Å². The molecule has 120 valence electrons. The van der Waals surface area contributed by atoms with Crippen molar-refractivity contribution < 1.29 is 14.3 Å². The zero-order chi connectivity index (χ0) is 16.8. The van der Waals surface area contributed by atoms with Gasteiger partial charge in [-0.2, -0.15) is 0 Å². The molecule has 5 nitrogen and oxygen atoms in total. The van der Waals surface area contributed by atoms with Crippen molar-refractivity contribution >= 4 is 17.5 Å². The van der Waals surface area contributed by atoms with Crippen molar-refractivity contribution in [1.82, 2.24) is 5.32 Å². The standard InChI is InChI=1S/C18H20N2O3/c1-12(14-7-5-4-6-8-14)19-18(22)15-9-10-17(23-3)16(11-15)20-13(2)21/h4-12H,1-3H3,(H,19,22)(H,20,21). The van der Waals surface area contributed by atoms with Gasteiger partial charge >= 0.3 is 0 Å². The van der Waals surface area contributed by atoms with Crippen LogP contribution in [0.2, 0.25) is 0 Å². The van der Waals surface area contributed by atoms with Gasteiger partial charge in [0.1, 0.15) is 5.75 Å². The van der Waals surface area contributed by atoms with E-state index in [0.29, 0.717) is 17.0 Å². The second-order valence-corrected chi connectivity index (χ2v) is 5.20. The molecule has 0 saturated carbocycles. The number of carbonyl (C=O) groups is 2. The van der Waals surface area contributed by atoms with Gasteiger partial charge in [-0.25, -0.2) is 0 Å². The highest BCUT2D eigenvalue weighted by Gasteiger charge is 2.14. The maximum atomic E-state index is 12.4. The zero-order valence-electron chi connectivity index (χ0n) is 13.4. The van der Waals surface area contributed by atoms with Crippen molar-refractivity contribution in [3.05, 3.63) is 59.7 Å². The van der Waals surface area contributed by atoms with Gasteiger partial charge in [-0.3, -0.25) is 9.59 Å². The number of amides is 2. The number of methoxy groups -OCH3 is 1. The molecule has 0 aliphatic rings. The van der Waals surface area contributed by atoms with Gasteiger partial charge in [-0.05, 0) is 30.7 Å². The Kier molecular flexibility index (Phi) is 5.36. The van der Waals surface area contributed by atoms with E-state index in [-0.39, 0.29) is 17.9 Å². The van der Waals surface area contributed by atoms with Crippen LogP contribution in [-0.2, 0) is 4.79 Å². The number of hydrogen-bond donors (Lipinski definition) is 2. The number of carbonyl (C=O) groups excluding carboxylic acids is 2. The van der Waals surface area contributed by atoms with E-state index in [0.717, 1.165) is 5.56 Å². The lowest BCUT2D eigenvalue weighted by atomic mass is 10.1. The van der Waals surface area contributed by atoms with Crippen molar-refractivity contribution in [2.75, 3.05) is 12.4 Å². The quantitative estimate of drug-likeness (QED) is 0.891. The first kappa shape index (κ1) is 16.5. The minimum atomic E-state index is -0.224. The maximum absolute atomic E-state index is 12.4. The minimum absolute atomic E-state index is 0.116. The fourth-order valence-electron chi connectivity index (χ4n) is 2.24. The molecule has 2 aromatic carbocycles. The highest BCUT2D eigenvalue weighted by Crippen LogP contribution is 2.25. The van der Waals surface area contributed by atoms with E-state index in [4.69, 9.17) is 4.74 Å². The molecule has 2 rings (SSSR count). The monoisotopic (exact) mass is 312 g/mol. The lowest BCUT2D eigenvalue weighted by molar-refractivity contribution is -0.114. The minimum Gasteiger partial charge on any atom is -0.495 e. The normalized spacial score (nSPS) is 11.4. The second-order valence-electron chi connectivity index (χ2n) is 5.20. The molecule has 2 aromatic rings. The summed E-state index contributed by atoms with van der Waals surface area (Å²) in [5.41, 5.74) is 1.95. The molecule has 1 unspecified atom stereocenters. The summed E-state index contributed by atoms with van der Waals surface area (Å²) in [5.74, 6) is 0.0713. The van der Waals surface area contributed by atoms with Crippen LogP contribution in [0.4, 0.5) is 5.69 Å². The van der Waals surface area contributed by atoms with Crippen LogP contribution in [0.5, 0.6) is 5.75 Å². The fraction of sp³-hybridized carbons (Fsp3) is 0.222. The van der Waals surface area contributed by atoms with E-state index >= 15 is 0 Å². The molecule has 5 heteroatoms. The largest absolute Gasteiger partial charge is 0.495 e. The first-order valence-electron chi connectivity index (χ1n) is 7.32. The predicted octanol–water partition coefficient (Wildman–Crippen LogP) is 3.14. The van der Waals surface area contributed by atoms with Gasteiger partial charge in [0, 0.05) is 12.5 Å². The summed E-state index contributed by atoms with van der Waals surface area (Å²) in [6, 6.07) is 14.5. The number of anilines is 1. The van der Waals surface area contributed by atoms with Crippen molar-refractivity contribution in [3.63, 3.8) is 0 Å². The maximum Gasteiger partial charge on any atom is 0.251 e. The molecule has 0 fully saturated rings. The summed E-state index contributed by atoms with van der Waals surface area (Å²) in [6.45, 7) is 3.33. The highest BCUT2D eigenvalue weighted by molar-refractivity contribution is 5.98. The molecule has 2 amide bonds. The Morgan fingerprint density at radius 3 is 2.39 bits per heavy atom. The van der Waals surface area contributed by atoms with Crippen LogP contribution in [0, 0.1) is 0 Å². The molecule has 0 heterocycles. The predicted molar refractivity (Wildman–Crippen MR) is 89.6 cm³/mol. The summed E-state index contributed by atoms with van der Waals surface area (Å²) >= 11 is 0. The smallest absolute Gasteiger partial charge is 0.251 e. The third-order valence-electron chi connectivity index (χ3n) is 3.42. The summed E-state index contributed by atoms with van der Waals surface area (Å²) in [6.07, 6.45) is 0. The average Bonchev–Trinajstić information content (AvgIpc) is 2.55. The summed E-state index contributed by atoms with van der Waals surface area (Å²) in [7, 11) is 1.51. The van der Waals surface area contributed by atoms with Crippen molar-refractivity contribution in [3.8, 4) is 5.75 Å². The lowest BCUT2D eigenvalue weighted by Crippen LogP contribution is -2.26. The van der Waals surface area contributed by atoms with Crippen LogP contribution >= 0.6 is 0 Å². The van der Waals surface area contributed by atoms with E-state index < -0.39 is 0 Å². The van der Waals surface area contributed by atoms with E-state index in [2.05, 4.69) is 10.6 Å².